The summed E-state index contributed by atoms with van der Waals surface area (Å²) in [5.74, 6) is -0.411. The molecule has 0 saturated heterocycles. The van der Waals surface area contributed by atoms with Gasteiger partial charge in [-0.1, -0.05) is 25.0 Å². The van der Waals surface area contributed by atoms with Gasteiger partial charge in [-0.2, -0.15) is 0 Å². The first-order chi connectivity index (χ1) is 14.0. The molecule has 29 heavy (non-hydrogen) atoms. The van der Waals surface area contributed by atoms with Gasteiger partial charge in [-0.05, 0) is 25.0 Å². The topological polar surface area (TPSA) is 132 Å². The number of anilines is 3. The number of hydrogen-bond acceptors (Lipinski definition) is 7. The van der Waals surface area contributed by atoms with E-state index < -0.39 is 11.7 Å². The molecule has 8 nitrogen and oxygen atoms in total. The Labute approximate surface area is 166 Å². The van der Waals surface area contributed by atoms with Gasteiger partial charge in [-0.15, -0.1) is 0 Å². The molecule has 0 unspecified atom stereocenters. The van der Waals surface area contributed by atoms with Crippen molar-refractivity contribution in [2.24, 2.45) is 11.5 Å². The summed E-state index contributed by atoms with van der Waals surface area (Å²) in [7, 11) is 0. The molecule has 4 rings (SSSR count). The van der Waals surface area contributed by atoms with E-state index in [0.29, 0.717) is 16.9 Å². The van der Waals surface area contributed by atoms with Crippen LogP contribution in [0.15, 0.2) is 36.7 Å². The summed E-state index contributed by atoms with van der Waals surface area (Å²) in [4.78, 5) is 24.6. The number of carbonyl (C=O) groups is 1. The maximum atomic E-state index is 13.8. The molecule has 150 valence electrons. The van der Waals surface area contributed by atoms with E-state index in [1.165, 1.54) is 18.5 Å². The molecule has 1 amide bonds. The van der Waals surface area contributed by atoms with Crippen molar-refractivity contribution in [1.29, 1.82) is 0 Å². The number of carbonyl (C=O) groups excluding carboxylic acids is 1. The van der Waals surface area contributed by atoms with Gasteiger partial charge in [0.15, 0.2) is 11.5 Å². The second kappa shape index (κ2) is 7.96. The number of nitrogens with one attached hydrogen (secondary N) is 2. The van der Waals surface area contributed by atoms with Crippen LogP contribution in [-0.4, -0.2) is 32.9 Å². The highest BCUT2D eigenvalue weighted by atomic mass is 19.1. The maximum absolute atomic E-state index is 13.8. The van der Waals surface area contributed by atoms with Crippen LogP contribution in [0.4, 0.5) is 21.7 Å². The SMILES string of the molecule is NC(=O)c1ncc(N[C@@H]2CCCC[C@@H]2N)nc1Nc1cnc2c(F)cccc2c1. The monoisotopic (exact) mass is 395 g/mol. The lowest BCUT2D eigenvalue weighted by atomic mass is 9.91. The van der Waals surface area contributed by atoms with Gasteiger partial charge in [-0.25, -0.2) is 14.4 Å². The highest BCUT2D eigenvalue weighted by Gasteiger charge is 2.23. The Bertz CT molecular complexity index is 1060. The number of hydrogen-bond donors (Lipinski definition) is 4. The molecule has 0 spiro atoms. The largest absolute Gasteiger partial charge is 0.364 e. The van der Waals surface area contributed by atoms with E-state index in [4.69, 9.17) is 11.5 Å². The van der Waals surface area contributed by atoms with Crippen molar-refractivity contribution in [1.82, 2.24) is 15.0 Å². The lowest BCUT2D eigenvalue weighted by Crippen LogP contribution is -2.42. The summed E-state index contributed by atoms with van der Waals surface area (Å²) in [6.45, 7) is 0. The summed E-state index contributed by atoms with van der Waals surface area (Å²) in [6, 6.07) is 6.56. The highest BCUT2D eigenvalue weighted by molar-refractivity contribution is 5.96. The Morgan fingerprint density at radius 2 is 2.00 bits per heavy atom. The summed E-state index contributed by atoms with van der Waals surface area (Å²) in [5, 5.41) is 6.94. The van der Waals surface area contributed by atoms with E-state index >= 15 is 0 Å². The standard InChI is InChI=1S/C20H22FN7O/c21-13-5-3-4-11-8-12(9-24-17(11)13)26-20-18(19(23)29)25-10-16(28-20)27-15-7-2-1-6-14(15)22/h3-5,8-10,14-15H,1-2,6-7,22H2,(H2,23,29)(H2,26,27,28)/t14-,15+/m0/s1. The number of halogens is 1. The molecular formula is C20H22FN7O. The van der Waals surface area contributed by atoms with Gasteiger partial charge in [0.1, 0.15) is 17.2 Å². The fraction of sp³-hybridized carbons (Fsp3) is 0.300. The first-order valence-corrected chi connectivity index (χ1v) is 9.51. The Morgan fingerprint density at radius 3 is 2.79 bits per heavy atom. The Hall–Kier alpha value is -3.33. The lowest BCUT2D eigenvalue weighted by molar-refractivity contribution is 0.0996. The number of para-hydroxylation sites is 1. The second-order valence-electron chi connectivity index (χ2n) is 7.18. The Morgan fingerprint density at radius 1 is 1.17 bits per heavy atom. The minimum Gasteiger partial charge on any atom is -0.364 e. The van der Waals surface area contributed by atoms with Crippen molar-refractivity contribution < 1.29 is 9.18 Å². The van der Waals surface area contributed by atoms with E-state index in [9.17, 15) is 9.18 Å². The number of nitrogens with zero attached hydrogens (tertiary/aromatic N) is 3. The molecule has 2 aromatic heterocycles. The van der Waals surface area contributed by atoms with Crippen LogP contribution in [0.3, 0.4) is 0 Å². The van der Waals surface area contributed by atoms with Gasteiger partial charge in [0.25, 0.3) is 5.91 Å². The summed E-state index contributed by atoms with van der Waals surface area (Å²) in [6.07, 6.45) is 7.06. The zero-order valence-electron chi connectivity index (χ0n) is 15.7. The van der Waals surface area contributed by atoms with Crippen LogP contribution in [0.25, 0.3) is 10.9 Å². The third-order valence-electron chi connectivity index (χ3n) is 5.08. The van der Waals surface area contributed by atoms with Crippen molar-refractivity contribution in [3.05, 3.63) is 48.2 Å². The van der Waals surface area contributed by atoms with E-state index in [-0.39, 0.29) is 29.1 Å². The minimum absolute atomic E-state index is 0.00262. The van der Waals surface area contributed by atoms with Gasteiger partial charge in [0.05, 0.1) is 18.1 Å². The van der Waals surface area contributed by atoms with Crippen LogP contribution in [0.5, 0.6) is 0 Å². The van der Waals surface area contributed by atoms with Crippen LogP contribution in [0, 0.1) is 5.82 Å². The molecule has 1 aliphatic carbocycles. The Kier molecular flexibility index (Phi) is 5.22. The van der Waals surface area contributed by atoms with Crippen molar-refractivity contribution in [3.8, 4) is 0 Å². The molecule has 3 aromatic rings. The number of primary amides is 1. The molecule has 1 fully saturated rings. The number of rotatable bonds is 5. The van der Waals surface area contributed by atoms with E-state index in [1.54, 1.807) is 18.2 Å². The normalized spacial score (nSPS) is 19.1. The van der Waals surface area contributed by atoms with E-state index in [2.05, 4.69) is 25.6 Å². The van der Waals surface area contributed by atoms with Gasteiger partial charge >= 0.3 is 0 Å². The van der Waals surface area contributed by atoms with Crippen molar-refractivity contribution in [2.75, 3.05) is 10.6 Å². The van der Waals surface area contributed by atoms with Crippen molar-refractivity contribution in [3.63, 3.8) is 0 Å². The number of benzene rings is 1. The third kappa shape index (κ3) is 4.09. The van der Waals surface area contributed by atoms with Crippen molar-refractivity contribution >= 4 is 34.1 Å². The zero-order chi connectivity index (χ0) is 20.4. The fourth-order valence-corrected chi connectivity index (χ4v) is 3.58. The summed E-state index contributed by atoms with van der Waals surface area (Å²) >= 11 is 0. The smallest absolute Gasteiger partial charge is 0.271 e. The number of amides is 1. The first-order valence-electron chi connectivity index (χ1n) is 9.51. The number of nitrogens with two attached hydrogens (primary N) is 2. The molecular weight excluding hydrogens is 373 g/mol. The molecule has 1 aliphatic rings. The summed E-state index contributed by atoms with van der Waals surface area (Å²) in [5.41, 5.74) is 12.4. The average Bonchev–Trinajstić information content (AvgIpc) is 2.70. The first kappa shape index (κ1) is 19.0. The lowest BCUT2D eigenvalue weighted by Gasteiger charge is -2.29. The maximum Gasteiger partial charge on any atom is 0.271 e. The molecule has 0 bridgehead atoms. The minimum atomic E-state index is -0.708. The predicted molar refractivity (Wildman–Crippen MR) is 109 cm³/mol. The number of fused-ring (bicyclic) bond motifs is 1. The Balaban J connectivity index is 1.63. The van der Waals surface area contributed by atoms with Crippen LogP contribution in [0.2, 0.25) is 0 Å². The molecule has 2 heterocycles. The molecule has 2 atom stereocenters. The van der Waals surface area contributed by atoms with Gasteiger partial charge in [0.2, 0.25) is 0 Å². The van der Waals surface area contributed by atoms with Crippen LogP contribution >= 0.6 is 0 Å². The molecule has 0 aliphatic heterocycles. The quantitative estimate of drug-likeness (QED) is 0.522. The fourth-order valence-electron chi connectivity index (χ4n) is 3.58. The summed E-state index contributed by atoms with van der Waals surface area (Å²) < 4.78 is 13.8. The highest BCUT2D eigenvalue weighted by Crippen LogP contribution is 2.25. The van der Waals surface area contributed by atoms with Gasteiger partial charge in [0, 0.05) is 17.5 Å². The number of pyridine rings is 1. The van der Waals surface area contributed by atoms with E-state index in [1.807, 2.05) is 0 Å². The molecule has 9 heteroatoms. The third-order valence-corrected chi connectivity index (χ3v) is 5.08. The van der Waals surface area contributed by atoms with Crippen LogP contribution in [-0.2, 0) is 0 Å². The van der Waals surface area contributed by atoms with E-state index in [0.717, 1.165) is 25.7 Å². The van der Waals surface area contributed by atoms with Crippen LogP contribution < -0.4 is 22.1 Å². The zero-order valence-corrected chi connectivity index (χ0v) is 15.7. The molecule has 1 saturated carbocycles. The number of aromatic nitrogens is 3. The molecule has 6 N–H and O–H groups in total. The average molecular weight is 395 g/mol. The molecule has 1 aromatic carbocycles. The van der Waals surface area contributed by atoms with Crippen molar-refractivity contribution in [2.45, 2.75) is 37.8 Å². The molecule has 0 radical (unpaired) electrons. The second-order valence-corrected chi connectivity index (χ2v) is 7.18. The van der Waals surface area contributed by atoms with Gasteiger partial charge in [-0.3, -0.25) is 9.78 Å². The van der Waals surface area contributed by atoms with Crippen LogP contribution in [0.1, 0.15) is 36.2 Å². The van der Waals surface area contributed by atoms with Gasteiger partial charge < -0.3 is 22.1 Å². The predicted octanol–water partition coefficient (Wildman–Crippen LogP) is 2.69.